The minimum Gasteiger partial charge on any atom is -0.444 e. The number of hydrogen-bond donors (Lipinski definition) is 1. The average Bonchev–Trinajstić information content (AvgIpc) is 2.93. The highest BCUT2D eigenvalue weighted by Gasteiger charge is 2.41. The molecule has 146 valence electrons. The number of fused-ring (bicyclic) bond motifs is 1. The number of anilines is 1. The summed E-state index contributed by atoms with van der Waals surface area (Å²) in [6.07, 6.45) is -5.02. The van der Waals surface area contributed by atoms with Gasteiger partial charge in [-0.15, -0.1) is 0 Å². The summed E-state index contributed by atoms with van der Waals surface area (Å²) in [6, 6.07) is 6.44. The second kappa shape index (κ2) is 6.47. The highest BCUT2D eigenvalue weighted by molar-refractivity contribution is 5.68. The number of aromatic nitrogens is 2. The van der Waals surface area contributed by atoms with E-state index in [-0.39, 0.29) is 25.1 Å². The summed E-state index contributed by atoms with van der Waals surface area (Å²) in [6.45, 7) is 5.18. The number of nitrogens with two attached hydrogens (primary N) is 1. The number of rotatable bonds is 1. The third-order valence-electron chi connectivity index (χ3n) is 4.12. The topological polar surface area (TPSA) is 73.4 Å². The number of carbonyl (C=O) groups excluding carboxylic acids is 1. The van der Waals surface area contributed by atoms with Gasteiger partial charge in [-0.3, -0.25) is 0 Å². The third kappa shape index (κ3) is 4.01. The molecular weight excluding hydrogens is 361 g/mol. The van der Waals surface area contributed by atoms with Crippen LogP contribution in [0.2, 0.25) is 0 Å². The van der Waals surface area contributed by atoms with E-state index in [1.54, 1.807) is 45.0 Å². The van der Waals surface area contributed by atoms with Crippen molar-refractivity contribution in [2.24, 2.45) is 0 Å². The Hall–Kier alpha value is -2.71. The van der Waals surface area contributed by atoms with E-state index < -0.39 is 23.6 Å². The summed E-state index contributed by atoms with van der Waals surface area (Å²) in [7, 11) is 0. The first kappa shape index (κ1) is 19.1. The quantitative estimate of drug-likeness (QED) is 0.762. The fourth-order valence-electron chi connectivity index (χ4n) is 2.96. The Labute approximate surface area is 154 Å². The van der Waals surface area contributed by atoms with Crippen LogP contribution in [0, 0.1) is 0 Å². The van der Waals surface area contributed by atoms with Crippen LogP contribution in [-0.2, 0) is 23.9 Å². The van der Waals surface area contributed by atoms with Gasteiger partial charge in [0.2, 0.25) is 0 Å². The first-order chi connectivity index (χ1) is 12.5. The zero-order chi connectivity index (χ0) is 20.0. The summed E-state index contributed by atoms with van der Waals surface area (Å²) >= 11 is 0. The van der Waals surface area contributed by atoms with Crippen LogP contribution in [0.3, 0.4) is 0 Å². The van der Waals surface area contributed by atoms with E-state index >= 15 is 0 Å². The minimum atomic E-state index is -4.62. The van der Waals surface area contributed by atoms with Gasteiger partial charge >= 0.3 is 12.3 Å². The molecule has 3 rings (SSSR count). The summed E-state index contributed by atoms with van der Waals surface area (Å²) in [5, 5.41) is 3.80. The predicted octanol–water partition coefficient (Wildman–Crippen LogP) is 3.77. The normalized spacial score (nSPS) is 14.8. The lowest BCUT2D eigenvalue weighted by Crippen LogP contribution is -2.40. The largest absolute Gasteiger partial charge is 0.444 e. The first-order valence-corrected chi connectivity index (χ1v) is 8.47. The van der Waals surface area contributed by atoms with E-state index in [2.05, 4.69) is 5.10 Å². The Morgan fingerprint density at radius 3 is 2.37 bits per heavy atom. The number of ether oxygens (including phenoxy) is 1. The Kier molecular flexibility index (Phi) is 4.57. The van der Waals surface area contributed by atoms with Crippen molar-refractivity contribution in [2.45, 2.75) is 45.5 Å². The number of halogens is 3. The van der Waals surface area contributed by atoms with Crippen molar-refractivity contribution in [1.29, 1.82) is 0 Å². The van der Waals surface area contributed by atoms with Crippen molar-refractivity contribution < 1.29 is 22.7 Å². The van der Waals surface area contributed by atoms with Gasteiger partial charge in [-0.1, -0.05) is 0 Å². The molecule has 0 unspecified atom stereocenters. The fourth-order valence-corrected chi connectivity index (χ4v) is 2.96. The third-order valence-corrected chi connectivity index (χ3v) is 4.12. The van der Waals surface area contributed by atoms with Gasteiger partial charge in [-0.2, -0.15) is 18.3 Å². The minimum absolute atomic E-state index is 0.00330. The highest BCUT2D eigenvalue weighted by atomic mass is 19.4. The fraction of sp³-hybridized carbons (Fsp3) is 0.444. The number of hydrogen-bond acceptors (Lipinski definition) is 4. The van der Waals surface area contributed by atoms with Crippen LogP contribution in [0.5, 0.6) is 0 Å². The van der Waals surface area contributed by atoms with Crippen molar-refractivity contribution in [3.63, 3.8) is 0 Å². The van der Waals surface area contributed by atoms with E-state index in [9.17, 15) is 18.0 Å². The van der Waals surface area contributed by atoms with E-state index in [0.29, 0.717) is 17.1 Å². The van der Waals surface area contributed by atoms with Crippen LogP contribution in [0.4, 0.5) is 23.7 Å². The maximum Gasteiger partial charge on any atom is 0.435 e. The Balaban J connectivity index is 1.99. The lowest BCUT2D eigenvalue weighted by Gasteiger charge is -2.30. The summed E-state index contributed by atoms with van der Waals surface area (Å²) in [4.78, 5) is 13.6. The van der Waals surface area contributed by atoms with E-state index in [0.717, 1.165) is 0 Å². The summed E-state index contributed by atoms with van der Waals surface area (Å²) in [5.41, 5.74) is 5.37. The predicted molar refractivity (Wildman–Crippen MR) is 93.3 cm³/mol. The molecule has 0 fully saturated rings. The zero-order valence-corrected chi connectivity index (χ0v) is 15.3. The second-order valence-corrected chi connectivity index (χ2v) is 7.43. The molecule has 6 nitrogen and oxygen atoms in total. The van der Waals surface area contributed by atoms with Gasteiger partial charge in [0.15, 0.2) is 5.69 Å². The van der Waals surface area contributed by atoms with Crippen LogP contribution < -0.4 is 5.73 Å². The van der Waals surface area contributed by atoms with Gasteiger partial charge in [-0.05, 0) is 45.0 Å². The number of amides is 1. The summed E-state index contributed by atoms with van der Waals surface area (Å²) < 4.78 is 47.2. The standard InChI is InChI=1S/C18H21F3N4O2/c1-17(2,3)27-16(26)24-9-8-14-13(10-24)15(18(19,20)21)23-25(14)12-6-4-11(22)5-7-12/h4-7H,8-10,22H2,1-3H3. The maximum atomic E-state index is 13.5. The molecule has 0 atom stereocenters. The number of nitrogens with zero attached hydrogens (tertiary/aromatic N) is 3. The summed E-state index contributed by atoms with van der Waals surface area (Å²) in [5.74, 6) is 0. The lowest BCUT2D eigenvalue weighted by atomic mass is 10.0. The molecule has 0 spiro atoms. The van der Waals surface area contributed by atoms with Crippen LogP contribution in [-0.4, -0.2) is 32.9 Å². The molecule has 0 radical (unpaired) electrons. The van der Waals surface area contributed by atoms with Crippen LogP contribution in [0.15, 0.2) is 24.3 Å². The van der Waals surface area contributed by atoms with Crippen LogP contribution >= 0.6 is 0 Å². The van der Waals surface area contributed by atoms with Crippen molar-refractivity contribution in [1.82, 2.24) is 14.7 Å². The second-order valence-electron chi connectivity index (χ2n) is 7.43. The molecule has 2 N–H and O–H groups in total. The monoisotopic (exact) mass is 382 g/mol. The molecule has 1 aromatic carbocycles. The van der Waals surface area contributed by atoms with E-state index in [1.165, 1.54) is 9.58 Å². The van der Waals surface area contributed by atoms with Crippen LogP contribution in [0.1, 0.15) is 37.7 Å². The number of alkyl halides is 3. The Bertz CT molecular complexity index is 851. The molecule has 27 heavy (non-hydrogen) atoms. The Morgan fingerprint density at radius 1 is 1.19 bits per heavy atom. The molecule has 2 heterocycles. The molecule has 1 aromatic heterocycles. The van der Waals surface area contributed by atoms with Crippen molar-refractivity contribution in [3.8, 4) is 5.69 Å². The number of nitrogen functional groups attached to an aromatic ring is 1. The van der Waals surface area contributed by atoms with Crippen molar-refractivity contribution in [3.05, 3.63) is 41.2 Å². The van der Waals surface area contributed by atoms with Gasteiger partial charge in [0, 0.05) is 24.2 Å². The van der Waals surface area contributed by atoms with Crippen molar-refractivity contribution in [2.75, 3.05) is 12.3 Å². The van der Waals surface area contributed by atoms with Gasteiger partial charge in [0.25, 0.3) is 0 Å². The maximum absolute atomic E-state index is 13.5. The lowest BCUT2D eigenvalue weighted by molar-refractivity contribution is -0.142. The number of carbonyl (C=O) groups is 1. The number of benzene rings is 1. The Morgan fingerprint density at radius 2 is 1.81 bits per heavy atom. The van der Waals surface area contributed by atoms with E-state index in [1.807, 2.05) is 0 Å². The molecule has 9 heteroatoms. The SMILES string of the molecule is CC(C)(C)OC(=O)N1CCc2c(c(C(F)(F)F)nn2-c2ccc(N)cc2)C1. The molecule has 0 bridgehead atoms. The molecule has 1 aliphatic rings. The zero-order valence-electron chi connectivity index (χ0n) is 15.3. The van der Waals surface area contributed by atoms with E-state index in [4.69, 9.17) is 10.5 Å². The molecule has 0 saturated heterocycles. The average molecular weight is 382 g/mol. The molecular formula is C18H21F3N4O2. The first-order valence-electron chi connectivity index (χ1n) is 8.47. The molecule has 1 amide bonds. The van der Waals surface area contributed by atoms with Gasteiger partial charge in [0.1, 0.15) is 5.60 Å². The van der Waals surface area contributed by atoms with Crippen molar-refractivity contribution >= 4 is 11.8 Å². The molecule has 0 saturated carbocycles. The van der Waals surface area contributed by atoms with Gasteiger partial charge in [-0.25, -0.2) is 9.48 Å². The smallest absolute Gasteiger partial charge is 0.435 e. The van der Waals surface area contributed by atoms with Gasteiger partial charge in [0.05, 0.1) is 17.9 Å². The van der Waals surface area contributed by atoms with Crippen LogP contribution in [0.25, 0.3) is 5.69 Å². The van der Waals surface area contributed by atoms with Gasteiger partial charge < -0.3 is 15.4 Å². The molecule has 1 aliphatic heterocycles. The molecule has 2 aromatic rings. The highest BCUT2D eigenvalue weighted by Crippen LogP contribution is 2.36. The molecule has 0 aliphatic carbocycles.